The van der Waals surface area contributed by atoms with Gasteiger partial charge in [-0.25, -0.2) is 0 Å². The van der Waals surface area contributed by atoms with E-state index in [2.05, 4.69) is 10.2 Å². The molecule has 3 fully saturated rings. The summed E-state index contributed by atoms with van der Waals surface area (Å²) in [7, 11) is 0. The average Bonchev–Trinajstić information content (AvgIpc) is 3.20. The second-order valence-corrected chi connectivity index (χ2v) is 6.69. The Morgan fingerprint density at radius 2 is 2.11 bits per heavy atom. The Bertz CT molecular complexity index is 343. The van der Waals surface area contributed by atoms with Crippen LogP contribution in [0.3, 0.4) is 0 Å². The molecule has 0 aromatic carbocycles. The zero-order valence-corrected chi connectivity index (χ0v) is 11.7. The molecular weight excluding hydrogens is 240 g/mol. The predicted octanol–water partition coefficient (Wildman–Crippen LogP) is 1.28. The first-order valence-electron chi connectivity index (χ1n) is 7.90. The van der Waals surface area contributed by atoms with Crippen molar-refractivity contribution in [3.63, 3.8) is 0 Å². The minimum absolute atomic E-state index is 0.201. The van der Waals surface area contributed by atoms with Crippen molar-refractivity contribution in [3.8, 4) is 0 Å². The van der Waals surface area contributed by atoms with Crippen LogP contribution in [-0.4, -0.2) is 47.2 Å². The molecule has 0 aromatic heterocycles. The molecule has 0 spiro atoms. The summed E-state index contributed by atoms with van der Waals surface area (Å²) < 4.78 is 0. The number of carbonyl (C=O) groups excluding carboxylic acids is 1. The van der Waals surface area contributed by atoms with Crippen molar-refractivity contribution in [2.24, 2.45) is 5.92 Å². The van der Waals surface area contributed by atoms with E-state index in [1.54, 1.807) is 0 Å². The Morgan fingerprint density at radius 3 is 2.89 bits per heavy atom. The number of aliphatic hydroxyl groups is 1. The van der Waals surface area contributed by atoms with Gasteiger partial charge in [0.1, 0.15) is 0 Å². The van der Waals surface area contributed by atoms with Crippen LogP contribution in [0.2, 0.25) is 0 Å². The molecule has 19 heavy (non-hydrogen) atoms. The molecule has 1 amide bonds. The molecule has 4 heteroatoms. The third-order valence-corrected chi connectivity index (χ3v) is 5.11. The lowest BCUT2D eigenvalue weighted by atomic mass is 9.71. The van der Waals surface area contributed by atoms with Gasteiger partial charge in [0.05, 0.1) is 5.60 Å². The maximum Gasteiger partial charge on any atom is 0.221 e. The van der Waals surface area contributed by atoms with Crippen LogP contribution in [-0.2, 0) is 4.79 Å². The normalized spacial score (nSPS) is 35.7. The molecule has 3 rings (SSSR count). The molecule has 1 saturated heterocycles. The van der Waals surface area contributed by atoms with Crippen LogP contribution < -0.4 is 5.32 Å². The number of rotatable bonds is 4. The van der Waals surface area contributed by atoms with Crippen molar-refractivity contribution < 1.29 is 9.90 Å². The number of fused-ring (bicyclic) bond motifs is 1. The molecule has 1 heterocycles. The first kappa shape index (κ1) is 13.4. The topological polar surface area (TPSA) is 52.6 Å². The number of piperidine rings is 1. The smallest absolute Gasteiger partial charge is 0.221 e. The molecule has 0 bridgehead atoms. The molecule has 1 aliphatic heterocycles. The van der Waals surface area contributed by atoms with E-state index in [-0.39, 0.29) is 5.91 Å². The zero-order valence-electron chi connectivity index (χ0n) is 11.7. The van der Waals surface area contributed by atoms with Gasteiger partial charge in [-0.1, -0.05) is 12.8 Å². The van der Waals surface area contributed by atoms with E-state index in [9.17, 15) is 9.90 Å². The lowest BCUT2D eigenvalue weighted by Crippen LogP contribution is -2.53. The Kier molecular flexibility index (Phi) is 3.81. The molecule has 2 atom stereocenters. The van der Waals surface area contributed by atoms with E-state index >= 15 is 0 Å². The van der Waals surface area contributed by atoms with Crippen molar-refractivity contribution in [2.45, 2.75) is 63.0 Å². The van der Waals surface area contributed by atoms with Gasteiger partial charge in [-0.3, -0.25) is 4.79 Å². The number of hydrogen-bond acceptors (Lipinski definition) is 3. The van der Waals surface area contributed by atoms with Crippen LogP contribution in [0.1, 0.15) is 51.4 Å². The third kappa shape index (κ3) is 3.29. The molecule has 2 aliphatic carbocycles. The lowest BCUT2D eigenvalue weighted by Gasteiger charge is -2.47. The summed E-state index contributed by atoms with van der Waals surface area (Å²) in [6.45, 7) is 2.78. The van der Waals surface area contributed by atoms with Gasteiger partial charge in [0.15, 0.2) is 0 Å². The number of hydrogen-bond donors (Lipinski definition) is 2. The van der Waals surface area contributed by atoms with Crippen LogP contribution in [0.4, 0.5) is 0 Å². The maximum atomic E-state index is 11.7. The first-order chi connectivity index (χ1) is 9.16. The summed E-state index contributed by atoms with van der Waals surface area (Å²) >= 11 is 0. The largest absolute Gasteiger partial charge is 0.390 e. The van der Waals surface area contributed by atoms with E-state index in [4.69, 9.17) is 0 Å². The zero-order chi connectivity index (χ0) is 13.3. The second kappa shape index (κ2) is 5.41. The summed E-state index contributed by atoms with van der Waals surface area (Å²) in [5.41, 5.74) is -0.398. The molecule has 4 nitrogen and oxygen atoms in total. The molecular formula is C15H26N2O2. The van der Waals surface area contributed by atoms with E-state index < -0.39 is 5.60 Å². The van der Waals surface area contributed by atoms with Gasteiger partial charge in [-0.05, 0) is 32.1 Å². The molecule has 2 N–H and O–H groups in total. The second-order valence-electron chi connectivity index (χ2n) is 6.69. The van der Waals surface area contributed by atoms with Gasteiger partial charge in [0.2, 0.25) is 5.91 Å². The summed E-state index contributed by atoms with van der Waals surface area (Å²) in [5.74, 6) is 0.633. The number of nitrogens with one attached hydrogen (secondary N) is 1. The Hall–Kier alpha value is -0.610. The fraction of sp³-hybridized carbons (Fsp3) is 0.933. The fourth-order valence-electron chi connectivity index (χ4n) is 3.63. The highest BCUT2D eigenvalue weighted by atomic mass is 16.3. The SMILES string of the molecule is O=C(CCN1CCC2(O)CCCCC2C1)NC1CC1. The minimum atomic E-state index is -0.398. The standard InChI is InChI=1S/C15H26N2O2/c18-14(16-13-4-5-13)6-9-17-10-8-15(19)7-2-1-3-12(15)11-17/h12-13,19H,1-11H2,(H,16,18). The number of likely N-dealkylation sites (tertiary alicyclic amines) is 1. The van der Waals surface area contributed by atoms with Crippen LogP contribution in [0.15, 0.2) is 0 Å². The van der Waals surface area contributed by atoms with Crippen molar-refractivity contribution in [1.29, 1.82) is 0 Å². The maximum absolute atomic E-state index is 11.7. The summed E-state index contributed by atoms with van der Waals surface area (Å²) in [6.07, 6.45) is 8.38. The highest BCUT2D eigenvalue weighted by molar-refractivity contribution is 5.76. The van der Waals surface area contributed by atoms with E-state index in [1.165, 1.54) is 12.8 Å². The fourth-order valence-corrected chi connectivity index (χ4v) is 3.63. The molecule has 3 aliphatic rings. The average molecular weight is 266 g/mol. The number of amides is 1. The molecule has 0 aromatic rings. The Balaban J connectivity index is 1.43. The molecule has 2 saturated carbocycles. The van der Waals surface area contributed by atoms with Crippen molar-refractivity contribution in [2.75, 3.05) is 19.6 Å². The number of nitrogens with zero attached hydrogens (tertiary/aromatic N) is 1. The Labute approximate surface area is 115 Å². The quantitative estimate of drug-likeness (QED) is 0.806. The predicted molar refractivity (Wildman–Crippen MR) is 73.7 cm³/mol. The van der Waals surface area contributed by atoms with Crippen molar-refractivity contribution in [1.82, 2.24) is 10.2 Å². The Morgan fingerprint density at radius 1 is 1.26 bits per heavy atom. The van der Waals surface area contributed by atoms with E-state index in [0.29, 0.717) is 18.4 Å². The van der Waals surface area contributed by atoms with Crippen LogP contribution in [0, 0.1) is 5.92 Å². The summed E-state index contributed by atoms with van der Waals surface area (Å²) in [4.78, 5) is 14.1. The molecule has 108 valence electrons. The first-order valence-corrected chi connectivity index (χ1v) is 7.90. The summed E-state index contributed by atoms with van der Waals surface area (Å²) in [6, 6.07) is 0.470. The van der Waals surface area contributed by atoms with Gasteiger partial charge < -0.3 is 15.3 Å². The molecule has 2 unspecified atom stereocenters. The monoisotopic (exact) mass is 266 g/mol. The van der Waals surface area contributed by atoms with Crippen molar-refractivity contribution in [3.05, 3.63) is 0 Å². The van der Waals surface area contributed by atoms with Crippen LogP contribution in [0.5, 0.6) is 0 Å². The van der Waals surface area contributed by atoms with Crippen LogP contribution >= 0.6 is 0 Å². The highest BCUT2D eigenvalue weighted by Gasteiger charge is 2.42. The van der Waals surface area contributed by atoms with Gasteiger partial charge in [-0.15, -0.1) is 0 Å². The van der Waals surface area contributed by atoms with Gasteiger partial charge >= 0.3 is 0 Å². The lowest BCUT2D eigenvalue weighted by molar-refractivity contribution is -0.122. The third-order valence-electron chi connectivity index (χ3n) is 5.11. The van der Waals surface area contributed by atoms with Crippen molar-refractivity contribution >= 4 is 5.91 Å². The van der Waals surface area contributed by atoms with Gasteiger partial charge in [-0.2, -0.15) is 0 Å². The van der Waals surface area contributed by atoms with Gasteiger partial charge in [0, 0.05) is 38.0 Å². The number of carbonyl (C=O) groups is 1. The van der Waals surface area contributed by atoms with E-state index in [1.807, 2.05) is 0 Å². The minimum Gasteiger partial charge on any atom is -0.390 e. The highest BCUT2D eigenvalue weighted by Crippen LogP contribution is 2.39. The molecule has 0 radical (unpaired) electrons. The van der Waals surface area contributed by atoms with Gasteiger partial charge in [0.25, 0.3) is 0 Å². The van der Waals surface area contributed by atoms with Crippen LogP contribution in [0.25, 0.3) is 0 Å². The summed E-state index contributed by atoms with van der Waals surface area (Å²) in [5, 5.41) is 13.6. The van der Waals surface area contributed by atoms with E-state index in [0.717, 1.165) is 51.7 Å².